The Morgan fingerprint density at radius 3 is 2.84 bits per heavy atom. The van der Waals surface area contributed by atoms with E-state index >= 15 is 0 Å². The first-order valence-corrected chi connectivity index (χ1v) is 6.11. The monoisotopic (exact) mass is 277 g/mol. The molecule has 0 radical (unpaired) electrons. The second-order valence-corrected chi connectivity index (χ2v) is 4.88. The Hall–Kier alpha value is -1.99. The molecule has 1 saturated heterocycles. The average Bonchev–Trinajstić information content (AvgIpc) is 2.35. The van der Waals surface area contributed by atoms with E-state index in [-0.39, 0.29) is 11.5 Å². The molecule has 98 valence electrons. The maximum absolute atomic E-state index is 8.13. The van der Waals surface area contributed by atoms with Gasteiger partial charge in [-0.1, -0.05) is 11.6 Å². The van der Waals surface area contributed by atoms with E-state index in [9.17, 15) is 0 Å². The van der Waals surface area contributed by atoms with E-state index < -0.39 is 0 Å². The summed E-state index contributed by atoms with van der Waals surface area (Å²) < 4.78 is 1.40. The smallest absolute Gasteiger partial charge is 0.178 e. The van der Waals surface area contributed by atoms with Crippen LogP contribution in [0.4, 0.5) is 5.82 Å². The van der Waals surface area contributed by atoms with E-state index in [1.807, 2.05) is 4.90 Å². The molecule has 0 saturated carbocycles. The van der Waals surface area contributed by atoms with E-state index in [1.54, 1.807) is 6.07 Å². The Kier molecular flexibility index (Phi) is 2.72. The summed E-state index contributed by atoms with van der Waals surface area (Å²) in [4.78, 5) is 10.4. The van der Waals surface area contributed by atoms with Crippen molar-refractivity contribution in [3.05, 3.63) is 22.8 Å². The third-order valence-corrected chi connectivity index (χ3v) is 3.28. The molecule has 0 atom stereocenters. The van der Waals surface area contributed by atoms with E-state index in [0.29, 0.717) is 35.1 Å². The molecule has 4 N–H and O–H groups in total. The van der Waals surface area contributed by atoms with Gasteiger partial charge in [-0.05, 0) is 6.07 Å². The maximum Gasteiger partial charge on any atom is 0.178 e. The molecule has 8 heteroatoms. The zero-order valence-electron chi connectivity index (χ0n) is 9.97. The zero-order valence-corrected chi connectivity index (χ0v) is 10.7. The van der Waals surface area contributed by atoms with Crippen molar-refractivity contribution in [1.82, 2.24) is 14.5 Å². The number of nitrogens with zero attached hydrogens (tertiary/aromatic N) is 4. The van der Waals surface area contributed by atoms with Crippen LogP contribution >= 0.6 is 11.6 Å². The van der Waals surface area contributed by atoms with Crippen LogP contribution in [0.2, 0.25) is 5.02 Å². The minimum atomic E-state index is 0.114. The summed E-state index contributed by atoms with van der Waals surface area (Å²) in [6.45, 7) is 1.33. The molecule has 1 aliphatic rings. The molecule has 0 spiro atoms. The molecule has 3 heterocycles. The number of nitrogens with two attached hydrogens (primary N) is 1. The van der Waals surface area contributed by atoms with Crippen molar-refractivity contribution in [1.29, 1.82) is 10.8 Å². The number of nitrogens with one attached hydrogen (secondary N) is 2. The predicted octanol–water partition coefficient (Wildman–Crippen LogP) is 0.167. The highest BCUT2D eigenvalue weighted by molar-refractivity contribution is 6.31. The summed E-state index contributed by atoms with van der Waals surface area (Å²) in [6.07, 6.45) is 2.56. The standard InChI is InChI=1S/C11H12ClN7/c12-6-1-8-10(16-2-6)17-11(9(15)19(8)5-13)18-3-7(14)4-18/h1-2,5,7,13,15H,3-4,14H2. The van der Waals surface area contributed by atoms with Crippen molar-refractivity contribution in [2.45, 2.75) is 6.04 Å². The van der Waals surface area contributed by atoms with E-state index in [0.717, 1.165) is 6.34 Å². The molecule has 0 amide bonds. The Balaban J connectivity index is 2.25. The first-order chi connectivity index (χ1) is 9.10. The first-order valence-electron chi connectivity index (χ1n) is 5.73. The molecule has 1 aliphatic heterocycles. The summed E-state index contributed by atoms with van der Waals surface area (Å²) in [5.41, 5.74) is 6.88. The third-order valence-electron chi connectivity index (χ3n) is 3.08. The van der Waals surface area contributed by atoms with Gasteiger partial charge in [-0.3, -0.25) is 15.4 Å². The SMILES string of the molecule is N=Cn1c(=N)c(N2CC(N)C2)nc2ncc(Cl)cc21. The average molecular weight is 278 g/mol. The first kappa shape index (κ1) is 12.1. The second-order valence-electron chi connectivity index (χ2n) is 4.44. The van der Waals surface area contributed by atoms with Gasteiger partial charge in [-0.2, -0.15) is 0 Å². The second kappa shape index (κ2) is 4.29. The fourth-order valence-electron chi connectivity index (χ4n) is 2.11. The summed E-state index contributed by atoms with van der Waals surface area (Å²) in [5.74, 6) is 0.493. The number of pyridine rings is 1. The Morgan fingerprint density at radius 1 is 1.47 bits per heavy atom. The third kappa shape index (κ3) is 1.87. The van der Waals surface area contributed by atoms with Crippen LogP contribution in [0, 0.1) is 10.8 Å². The highest BCUT2D eigenvalue weighted by atomic mass is 35.5. The Morgan fingerprint density at radius 2 is 2.21 bits per heavy atom. The Labute approximate surface area is 113 Å². The molecule has 0 aliphatic carbocycles. The van der Waals surface area contributed by atoms with Crippen molar-refractivity contribution in [3.8, 4) is 0 Å². The minimum Gasteiger partial charge on any atom is -0.350 e. The van der Waals surface area contributed by atoms with Crippen molar-refractivity contribution in [2.24, 2.45) is 5.73 Å². The maximum atomic E-state index is 8.13. The minimum absolute atomic E-state index is 0.114. The highest BCUT2D eigenvalue weighted by Crippen LogP contribution is 2.18. The fraction of sp³-hybridized carbons (Fsp3) is 0.273. The van der Waals surface area contributed by atoms with Crippen LogP contribution in [0.1, 0.15) is 0 Å². The fourth-order valence-corrected chi connectivity index (χ4v) is 2.26. The molecular formula is C11H12ClN7. The summed E-state index contributed by atoms with van der Waals surface area (Å²) in [7, 11) is 0. The van der Waals surface area contributed by atoms with Crippen LogP contribution in [-0.2, 0) is 0 Å². The molecule has 0 bridgehead atoms. The lowest BCUT2D eigenvalue weighted by atomic mass is 10.1. The topological polar surface area (TPSA) is 108 Å². The van der Waals surface area contributed by atoms with Gasteiger partial charge in [-0.25, -0.2) is 9.97 Å². The van der Waals surface area contributed by atoms with Crippen molar-refractivity contribution < 1.29 is 0 Å². The van der Waals surface area contributed by atoms with E-state index in [4.69, 9.17) is 28.2 Å². The van der Waals surface area contributed by atoms with Gasteiger partial charge < -0.3 is 10.6 Å². The molecule has 2 aromatic rings. The molecule has 0 aromatic carbocycles. The lowest BCUT2D eigenvalue weighted by Crippen LogP contribution is -2.57. The van der Waals surface area contributed by atoms with Crippen LogP contribution in [0.3, 0.4) is 0 Å². The number of aromatic nitrogens is 3. The molecule has 7 nitrogen and oxygen atoms in total. The lowest BCUT2D eigenvalue weighted by Gasteiger charge is -2.37. The van der Waals surface area contributed by atoms with Gasteiger partial charge in [0.1, 0.15) is 0 Å². The number of hydrogen-bond donors (Lipinski definition) is 3. The van der Waals surface area contributed by atoms with Gasteiger partial charge in [0.05, 0.1) is 16.9 Å². The van der Waals surface area contributed by atoms with Crippen molar-refractivity contribution >= 4 is 34.9 Å². The van der Waals surface area contributed by atoms with Crippen LogP contribution in [-0.4, -0.2) is 40.0 Å². The molecule has 19 heavy (non-hydrogen) atoms. The molecule has 0 unspecified atom stereocenters. The van der Waals surface area contributed by atoms with Crippen molar-refractivity contribution in [2.75, 3.05) is 18.0 Å². The van der Waals surface area contributed by atoms with Crippen molar-refractivity contribution in [3.63, 3.8) is 0 Å². The van der Waals surface area contributed by atoms with Gasteiger partial charge >= 0.3 is 0 Å². The van der Waals surface area contributed by atoms with Gasteiger partial charge in [0.2, 0.25) is 0 Å². The van der Waals surface area contributed by atoms with Gasteiger partial charge in [-0.15, -0.1) is 0 Å². The van der Waals surface area contributed by atoms with Gasteiger partial charge in [0, 0.05) is 25.3 Å². The molecule has 2 aromatic heterocycles. The molecule has 3 rings (SSSR count). The predicted molar refractivity (Wildman–Crippen MR) is 72.8 cm³/mol. The van der Waals surface area contributed by atoms with Gasteiger partial charge in [0.25, 0.3) is 0 Å². The highest BCUT2D eigenvalue weighted by Gasteiger charge is 2.26. The Bertz CT molecular complexity index is 717. The number of fused-ring (bicyclic) bond motifs is 1. The zero-order chi connectivity index (χ0) is 13.6. The van der Waals surface area contributed by atoms with Crippen LogP contribution < -0.4 is 16.1 Å². The van der Waals surface area contributed by atoms with E-state index in [1.165, 1.54) is 10.8 Å². The van der Waals surface area contributed by atoms with Gasteiger partial charge in [0.15, 0.2) is 17.0 Å². The van der Waals surface area contributed by atoms with E-state index in [2.05, 4.69) is 9.97 Å². The molecular weight excluding hydrogens is 266 g/mol. The molecule has 1 fully saturated rings. The summed E-state index contributed by atoms with van der Waals surface area (Å²) in [5, 5.41) is 16.0. The number of hydrogen-bond acceptors (Lipinski definition) is 6. The normalized spacial score (nSPS) is 15.6. The van der Waals surface area contributed by atoms with Crippen LogP contribution in [0.5, 0.6) is 0 Å². The number of rotatable bonds is 2. The van der Waals surface area contributed by atoms with Crippen LogP contribution in [0.25, 0.3) is 11.2 Å². The number of halogens is 1. The number of anilines is 1. The largest absolute Gasteiger partial charge is 0.350 e. The summed E-state index contributed by atoms with van der Waals surface area (Å²) in [6, 6.07) is 1.76. The summed E-state index contributed by atoms with van der Waals surface area (Å²) >= 11 is 5.89. The lowest BCUT2D eigenvalue weighted by molar-refractivity contribution is 0.511. The quantitative estimate of drug-likeness (QED) is 0.537. The van der Waals surface area contributed by atoms with Crippen LogP contribution in [0.15, 0.2) is 12.3 Å².